The number of benzene rings is 1. The molecule has 0 unspecified atom stereocenters. The molecular formula is C13H14O7. The number of ether oxygens (including phenoxy) is 2. The fourth-order valence-electron chi connectivity index (χ4n) is 1.77. The van der Waals surface area contributed by atoms with Gasteiger partial charge in [0.05, 0.1) is 7.11 Å². The monoisotopic (exact) mass is 282 g/mol. The maximum absolute atomic E-state index is 11.6. The van der Waals surface area contributed by atoms with Crippen molar-refractivity contribution in [1.29, 1.82) is 0 Å². The predicted molar refractivity (Wildman–Crippen MR) is 67.6 cm³/mol. The molecule has 0 aliphatic rings. The van der Waals surface area contributed by atoms with Crippen LogP contribution in [0.2, 0.25) is 0 Å². The number of esters is 1. The highest BCUT2D eigenvalue weighted by atomic mass is 16.6. The molecule has 0 heterocycles. The zero-order valence-corrected chi connectivity index (χ0v) is 11.4. The third kappa shape index (κ3) is 2.56. The highest BCUT2D eigenvalue weighted by Gasteiger charge is 2.30. The molecule has 0 amide bonds. The number of phenolic OH excluding ortho intramolecular Hbond substituents is 2. The molecule has 0 aliphatic carbocycles. The third-order valence-corrected chi connectivity index (χ3v) is 2.51. The van der Waals surface area contributed by atoms with Gasteiger partial charge in [-0.2, -0.15) is 0 Å². The molecular weight excluding hydrogens is 268 g/mol. The van der Waals surface area contributed by atoms with Gasteiger partial charge in [-0.15, -0.1) is 0 Å². The van der Waals surface area contributed by atoms with Gasteiger partial charge >= 0.3 is 5.97 Å². The lowest BCUT2D eigenvalue weighted by Crippen LogP contribution is -2.09. The standard InChI is InChI=1S/C13H14O7/c1-5(14)8-10(17)9(6(2)15)12(19-4)13(11(8)18)20-7(3)16/h17-18H,1-4H3. The smallest absolute Gasteiger partial charge is 0.308 e. The molecule has 0 spiro atoms. The largest absolute Gasteiger partial charge is 0.506 e. The summed E-state index contributed by atoms with van der Waals surface area (Å²) in [6.07, 6.45) is 0. The van der Waals surface area contributed by atoms with Gasteiger partial charge in [0.25, 0.3) is 0 Å². The van der Waals surface area contributed by atoms with Crippen molar-refractivity contribution >= 4 is 17.5 Å². The molecule has 108 valence electrons. The number of carbonyl (C=O) groups excluding carboxylic acids is 3. The lowest BCUT2D eigenvalue weighted by atomic mass is 10.00. The van der Waals surface area contributed by atoms with E-state index in [1.54, 1.807) is 0 Å². The van der Waals surface area contributed by atoms with Crippen LogP contribution in [0, 0.1) is 0 Å². The van der Waals surface area contributed by atoms with Gasteiger partial charge in [-0.25, -0.2) is 0 Å². The van der Waals surface area contributed by atoms with Crippen LogP contribution in [-0.4, -0.2) is 34.9 Å². The number of phenols is 2. The molecule has 0 fully saturated rings. The zero-order valence-electron chi connectivity index (χ0n) is 11.4. The van der Waals surface area contributed by atoms with Crippen molar-refractivity contribution in [2.24, 2.45) is 0 Å². The van der Waals surface area contributed by atoms with Crippen LogP contribution in [0.4, 0.5) is 0 Å². The second-order valence-corrected chi connectivity index (χ2v) is 4.02. The fraction of sp³-hybridized carbons (Fsp3) is 0.308. The second kappa shape index (κ2) is 5.60. The van der Waals surface area contributed by atoms with E-state index in [0.29, 0.717) is 0 Å². The van der Waals surface area contributed by atoms with E-state index in [2.05, 4.69) is 0 Å². The summed E-state index contributed by atoms with van der Waals surface area (Å²) in [5.41, 5.74) is -0.848. The summed E-state index contributed by atoms with van der Waals surface area (Å²) in [5.74, 6) is -4.36. The Morgan fingerprint density at radius 1 is 0.850 bits per heavy atom. The molecule has 0 bridgehead atoms. The fourth-order valence-corrected chi connectivity index (χ4v) is 1.77. The first-order valence-electron chi connectivity index (χ1n) is 5.58. The Kier molecular flexibility index (Phi) is 4.34. The van der Waals surface area contributed by atoms with Crippen LogP contribution in [0.25, 0.3) is 0 Å². The van der Waals surface area contributed by atoms with Crippen molar-refractivity contribution < 1.29 is 34.1 Å². The van der Waals surface area contributed by atoms with E-state index >= 15 is 0 Å². The molecule has 0 radical (unpaired) electrons. The maximum Gasteiger partial charge on any atom is 0.308 e. The number of methoxy groups -OCH3 is 1. The van der Waals surface area contributed by atoms with Crippen LogP contribution in [0.5, 0.6) is 23.0 Å². The molecule has 0 saturated heterocycles. The number of rotatable bonds is 4. The summed E-state index contributed by atoms with van der Waals surface area (Å²) < 4.78 is 9.68. The van der Waals surface area contributed by atoms with E-state index in [1.165, 1.54) is 7.11 Å². The van der Waals surface area contributed by atoms with E-state index in [4.69, 9.17) is 9.47 Å². The van der Waals surface area contributed by atoms with Gasteiger partial charge in [0.1, 0.15) is 16.9 Å². The van der Waals surface area contributed by atoms with Gasteiger partial charge < -0.3 is 19.7 Å². The van der Waals surface area contributed by atoms with E-state index < -0.39 is 40.3 Å². The molecule has 2 N–H and O–H groups in total. The van der Waals surface area contributed by atoms with Gasteiger partial charge in [0, 0.05) is 6.92 Å². The molecule has 0 aromatic heterocycles. The molecule has 0 atom stereocenters. The van der Waals surface area contributed by atoms with Crippen molar-refractivity contribution in [3.05, 3.63) is 11.1 Å². The summed E-state index contributed by atoms with van der Waals surface area (Å²) in [5, 5.41) is 19.9. The van der Waals surface area contributed by atoms with E-state index in [-0.39, 0.29) is 11.3 Å². The number of hydrogen-bond acceptors (Lipinski definition) is 7. The Balaban J connectivity index is 3.86. The van der Waals surface area contributed by atoms with E-state index in [1.807, 2.05) is 0 Å². The Morgan fingerprint density at radius 3 is 1.70 bits per heavy atom. The zero-order chi connectivity index (χ0) is 15.6. The Hall–Kier alpha value is -2.57. The molecule has 7 nitrogen and oxygen atoms in total. The van der Waals surface area contributed by atoms with Crippen molar-refractivity contribution in [2.45, 2.75) is 20.8 Å². The normalized spacial score (nSPS) is 10.0. The van der Waals surface area contributed by atoms with Crippen molar-refractivity contribution in [3.63, 3.8) is 0 Å². The quantitative estimate of drug-likeness (QED) is 0.488. The number of carbonyl (C=O) groups is 3. The average molecular weight is 282 g/mol. The number of hydrogen-bond donors (Lipinski definition) is 2. The summed E-state index contributed by atoms with van der Waals surface area (Å²) >= 11 is 0. The highest BCUT2D eigenvalue weighted by molar-refractivity contribution is 6.09. The SMILES string of the molecule is COc1c(OC(C)=O)c(O)c(C(C)=O)c(O)c1C(C)=O. The van der Waals surface area contributed by atoms with E-state index in [0.717, 1.165) is 20.8 Å². The van der Waals surface area contributed by atoms with Crippen molar-refractivity contribution in [3.8, 4) is 23.0 Å². The minimum Gasteiger partial charge on any atom is -0.506 e. The van der Waals surface area contributed by atoms with Crippen LogP contribution in [0.15, 0.2) is 0 Å². The van der Waals surface area contributed by atoms with Crippen LogP contribution < -0.4 is 9.47 Å². The van der Waals surface area contributed by atoms with E-state index in [9.17, 15) is 24.6 Å². The molecule has 7 heteroatoms. The first-order chi connectivity index (χ1) is 9.22. The molecule has 0 saturated carbocycles. The molecule has 1 aromatic rings. The molecule has 1 rings (SSSR count). The Bertz CT molecular complexity index is 601. The second-order valence-electron chi connectivity index (χ2n) is 4.02. The van der Waals surface area contributed by atoms with Gasteiger partial charge in [-0.3, -0.25) is 14.4 Å². The first-order valence-corrected chi connectivity index (χ1v) is 5.58. The lowest BCUT2D eigenvalue weighted by molar-refractivity contribution is -0.132. The van der Waals surface area contributed by atoms with Crippen LogP contribution in [-0.2, 0) is 4.79 Å². The molecule has 1 aromatic carbocycles. The van der Waals surface area contributed by atoms with Crippen LogP contribution >= 0.6 is 0 Å². The topological polar surface area (TPSA) is 110 Å². The molecule has 20 heavy (non-hydrogen) atoms. The van der Waals surface area contributed by atoms with Crippen molar-refractivity contribution in [2.75, 3.05) is 7.11 Å². The van der Waals surface area contributed by atoms with Crippen molar-refractivity contribution in [1.82, 2.24) is 0 Å². The third-order valence-electron chi connectivity index (χ3n) is 2.51. The number of ketones is 2. The van der Waals surface area contributed by atoms with Gasteiger partial charge in [0.15, 0.2) is 23.1 Å². The number of aromatic hydroxyl groups is 2. The highest BCUT2D eigenvalue weighted by Crippen LogP contribution is 2.48. The average Bonchev–Trinajstić information content (AvgIpc) is 2.30. The molecule has 0 aliphatic heterocycles. The minimum atomic E-state index is -0.784. The first kappa shape index (κ1) is 15.5. The predicted octanol–water partition coefficient (Wildman–Crippen LogP) is 1.44. The summed E-state index contributed by atoms with van der Waals surface area (Å²) in [4.78, 5) is 34.1. The van der Waals surface area contributed by atoms with Crippen LogP contribution in [0.1, 0.15) is 41.5 Å². The van der Waals surface area contributed by atoms with Gasteiger partial charge in [0.2, 0.25) is 5.75 Å². The summed E-state index contributed by atoms with van der Waals surface area (Å²) in [6.45, 7) is 3.30. The summed E-state index contributed by atoms with van der Waals surface area (Å²) in [6, 6.07) is 0. The van der Waals surface area contributed by atoms with Gasteiger partial charge in [-0.1, -0.05) is 0 Å². The van der Waals surface area contributed by atoms with Gasteiger partial charge in [-0.05, 0) is 13.8 Å². The number of Topliss-reactive ketones (excluding diaryl/α,β-unsaturated/α-hetero) is 2. The maximum atomic E-state index is 11.6. The Morgan fingerprint density at radius 2 is 1.35 bits per heavy atom. The van der Waals surface area contributed by atoms with Crippen LogP contribution in [0.3, 0.4) is 0 Å². The Labute approximate surface area is 114 Å². The summed E-state index contributed by atoms with van der Waals surface area (Å²) in [7, 11) is 1.17. The minimum absolute atomic E-state index is 0.312. The lowest BCUT2D eigenvalue weighted by Gasteiger charge is -2.17.